The largest absolute Gasteiger partial charge is 0.510 e. The van der Waals surface area contributed by atoms with Gasteiger partial charge in [0.05, 0.1) is 0 Å². The van der Waals surface area contributed by atoms with Gasteiger partial charge in [0, 0.05) is 5.57 Å². The summed E-state index contributed by atoms with van der Waals surface area (Å²) in [6.45, 7) is 12.1. The van der Waals surface area contributed by atoms with Crippen LogP contribution in [0.2, 0.25) is 0 Å². The molecule has 20 heavy (non-hydrogen) atoms. The third-order valence-electron chi connectivity index (χ3n) is 3.98. The maximum atomic E-state index is 9.94. The number of hydrogen-bond acceptors (Lipinski definition) is 4. The minimum atomic E-state index is -1.52. The summed E-state index contributed by atoms with van der Waals surface area (Å²) in [5.41, 5.74) is 0.356. The molecular weight excluding hydrogens is 260 g/mol. The SMILES string of the molecule is C=C(C)C1(OC(=O)O)OO1.CC1CCC(C(C)C)CC1. The molecule has 2 fully saturated rings. The van der Waals surface area contributed by atoms with Crippen molar-refractivity contribution in [2.75, 3.05) is 0 Å². The highest BCUT2D eigenvalue weighted by Gasteiger charge is 2.55. The van der Waals surface area contributed by atoms with E-state index >= 15 is 0 Å². The molecule has 0 aromatic rings. The van der Waals surface area contributed by atoms with Gasteiger partial charge in [0.15, 0.2) is 0 Å². The van der Waals surface area contributed by atoms with Crippen molar-refractivity contribution in [3.05, 3.63) is 12.2 Å². The Hall–Kier alpha value is -1.07. The third-order valence-corrected chi connectivity index (χ3v) is 3.98. The molecular formula is C15H26O5. The average molecular weight is 286 g/mol. The molecule has 1 aliphatic carbocycles. The average Bonchev–Trinajstić information content (AvgIpc) is 3.10. The van der Waals surface area contributed by atoms with Crippen LogP contribution >= 0.6 is 0 Å². The number of carboxylic acid groups (broad SMARTS) is 1. The topological polar surface area (TPSA) is 71.6 Å². The smallest absolute Gasteiger partial charge is 0.450 e. The van der Waals surface area contributed by atoms with Crippen LogP contribution in [0, 0.1) is 17.8 Å². The van der Waals surface area contributed by atoms with Gasteiger partial charge < -0.3 is 9.84 Å². The number of rotatable bonds is 3. The van der Waals surface area contributed by atoms with Gasteiger partial charge in [-0.2, -0.15) is 0 Å². The maximum Gasteiger partial charge on any atom is 0.510 e. The van der Waals surface area contributed by atoms with E-state index in [1.54, 1.807) is 0 Å². The van der Waals surface area contributed by atoms with E-state index in [0.717, 1.165) is 17.8 Å². The highest BCUT2D eigenvalue weighted by molar-refractivity contribution is 5.57. The first-order chi connectivity index (χ1) is 9.27. The lowest BCUT2D eigenvalue weighted by molar-refractivity contribution is -0.00206. The van der Waals surface area contributed by atoms with Crippen molar-refractivity contribution in [1.82, 2.24) is 0 Å². The Morgan fingerprint density at radius 1 is 1.30 bits per heavy atom. The quantitative estimate of drug-likeness (QED) is 0.361. The molecule has 0 spiro atoms. The molecule has 0 radical (unpaired) electrons. The van der Waals surface area contributed by atoms with E-state index in [9.17, 15) is 4.79 Å². The molecule has 1 saturated heterocycles. The molecule has 0 aromatic carbocycles. The fourth-order valence-corrected chi connectivity index (χ4v) is 2.37. The van der Waals surface area contributed by atoms with E-state index in [1.807, 2.05) is 0 Å². The van der Waals surface area contributed by atoms with Crippen LogP contribution in [0.4, 0.5) is 4.79 Å². The van der Waals surface area contributed by atoms with Gasteiger partial charge in [-0.1, -0.05) is 40.2 Å². The van der Waals surface area contributed by atoms with Gasteiger partial charge in [0.2, 0.25) is 0 Å². The van der Waals surface area contributed by atoms with Crippen LogP contribution in [0.15, 0.2) is 12.2 Å². The molecule has 1 N–H and O–H groups in total. The zero-order chi connectivity index (χ0) is 15.3. The van der Waals surface area contributed by atoms with Gasteiger partial charge in [-0.15, -0.1) is 9.78 Å². The summed E-state index contributed by atoms with van der Waals surface area (Å²) in [6.07, 6.45) is 4.46. The highest BCUT2D eigenvalue weighted by Crippen LogP contribution is 2.37. The van der Waals surface area contributed by atoms with Gasteiger partial charge in [-0.25, -0.2) is 4.79 Å². The van der Waals surface area contributed by atoms with Crippen LogP contribution in [0.25, 0.3) is 0 Å². The van der Waals surface area contributed by atoms with Gasteiger partial charge >= 0.3 is 12.1 Å². The van der Waals surface area contributed by atoms with Crippen molar-refractivity contribution in [2.45, 2.75) is 59.4 Å². The maximum absolute atomic E-state index is 9.94. The van der Waals surface area contributed by atoms with E-state index in [-0.39, 0.29) is 0 Å². The van der Waals surface area contributed by atoms with Crippen molar-refractivity contribution < 1.29 is 24.4 Å². The van der Waals surface area contributed by atoms with Crippen molar-refractivity contribution in [1.29, 1.82) is 0 Å². The zero-order valence-electron chi connectivity index (χ0n) is 12.8. The summed E-state index contributed by atoms with van der Waals surface area (Å²) >= 11 is 0. The molecule has 0 amide bonds. The lowest BCUT2D eigenvalue weighted by atomic mass is 9.78. The second kappa shape index (κ2) is 7.09. The van der Waals surface area contributed by atoms with Crippen LogP contribution in [0.1, 0.15) is 53.4 Å². The molecule has 2 aliphatic rings. The minimum Gasteiger partial charge on any atom is -0.450 e. The first-order valence-corrected chi connectivity index (χ1v) is 7.21. The van der Waals surface area contributed by atoms with Crippen LogP contribution in [-0.4, -0.2) is 17.2 Å². The summed E-state index contributed by atoms with van der Waals surface area (Å²) in [7, 11) is 0. The minimum absolute atomic E-state index is 0.356. The second-order valence-electron chi connectivity index (χ2n) is 6.14. The van der Waals surface area contributed by atoms with E-state index in [4.69, 9.17) is 5.11 Å². The molecule has 5 nitrogen and oxygen atoms in total. The molecule has 0 aromatic heterocycles. The van der Waals surface area contributed by atoms with Gasteiger partial charge in [-0.3, -0.25) is 0 Å². The third kappa shape index (κ3) is 5.13. The van der Waals surface area contributed by atoms with Gasteiger partial charge in [0.1, 0.15) is 0 Å². The fraction of sp³-hybridized carbons (Fsp3) is 0.800. The first kappa shape index (κ1) is 17.0. The molecule has 1 saturated carbocycles. The Morgan fingerprint density at radius 2 is 1.80 bits per heavy atom. The van der Waals surface area contributed by atoms with Crippen molar-refractivity contribution in [2.24, 2.45) is 17.8 Å². The molecule has 116 valence electrons. The van der Waals surface area contributed by atoms with Crippen LogP contribution in [0.3, 0.4) is 0 Å². The first-order valence-electron chi connectivity index (χ1n) is 7.21. The number of carbonyl (C=O) groups is 1. The standard InChI is InChI=1S/C10H20.C5H6O5/c1-8(2)10-6-4-9(3)5-7-10;1-3(2)5(9-10-5)8-4(6)7/h8-10H,4-7H2,1-3H3;1H2,2H3,(H,6,7). The Labute approximate surface area is 120 Å². The molecule has 1 aliphatic heterocycles. The van der Waals surface area contributed by atoms with Crippen LogP contribution in [-0.2, 0) is 14.5 Å². The molecule has 2 rings (SSSR count). The second-order valence-corrected chi connectivity index (χ2v) is 6.14. The normalized spacial score (nSPS) is 27.2. The van der Waals surface area contributed by atoms with Crippen molar-refractivity contribution >= 4 is 6.16 Å². The summed E-state index contributed by atoms with van der Waals surface area (Å²) in [5, 5.41) is 8.11. The Kier molecular flexibility index (Phi) is 6.02. The van der Waals surface area contributed by atoms with Gasteiger partial charge in [-0.05, 0) is 37.5 Å². The van der Waals surface area contributed by atoms with Crippen molar-refractivity contribution in [3.8, 4) is 0 Å². The van der Waals surface area contributed by atoms with Crippen LogP contribution in [0.5, 0.6) is 0 Å². The Balaban J connectivity index is 0.000000200. The molecule has 0 atom stereocenters. The summed E-state index contributed by atoms with van der Waals surface area (Å²) < 4.78 is 4.18. The van der Waals surface area contributed by atoms with E-state index in [1.165, 1.54) is 32.6 Å². The predicted molar refractivity (Wildman–Crippen MR) is 74.8 cm³/mol. The lowest BCUT2D eigenvalue weighted by Gasteiger charge is -2.28. The van der Waals surface area contributed by atoms with Gasteiger partial charge in [0.25, 0.3) is 0 Å². The molecule has 0 unspecified atom stereocenters. The van der Waals surface area contributed by atoms with E-state index in [2.05, 4.69) is 41.9 Å². The number of hydrogen-bond donors (Lipinski definition) is 1. The predicted octanol–water partition coefficient (Wildman–Crippen LogP) is 4.34. The van der Waals surface area contributed by atoms with E-state index < -0.39 is 12.1 Å². The summed E-state index contributed by atoms with van der Waals surface area (Å²) in [4.78, 5) is 18.5. The Morgan fingerprint density at radius 3 is 2.05 bits per heavy atom. The molecule has 1 heterocycles. The lowest BCUT2D eigenvalue weighted by Crippen LogP contribution is -2.20. The Bertz CT molecular complexity index is 338. The summed E-state index contributed by atoms with van der Waals surface area (Å²) in [6, 6.07) is 0. The molecule has 5 heteroatoms. The van der Waals surface area contributed by atoms with E-state index in [0.29, 0.717) is 5.57 Å². The van der Waals surface area contributed by atoms with Crippen LogP contribution < -0.4 is 0 Å². The zero-order valence-corrected chi connectivity index (χ0v) is 12.8. The molecule has 0 bridgehead atoms. The summed E-state index contributed by atoms with van der Waals surface area (Å²) in [5.74, 6) is 1.45. The fourth-order valence-electron chi connectivity index (χ4n) is 2.37. The highest BCUT2D eigenvalue weighted by atomic mass is 17.5. The monoisotopic (exact) mass is 286 g/mol. The van der Waals surface area contributed by atoms with Crippen molar-refractivity contribution in [3.63, 3.8) is 0 Å². The number of ether oxygens (including phenoxy) is 1.